The first-order valence-corrected chi connectivity index (χ1v) is 7.38. The lowest BCUT2D eigenvalue weighted by Gasteiger charge is -2.26. The molecule has 0 spiro atoms. The highest BCUT2D eigenvalue weighted by molar-refractivity contribution is 7.92. The van der Waals surface area contributed by atoms with Crippen molar-refractivity contribution >= 4 is 15.7 Å². The number of hydrogen-bond donors (Lipinski definition) is 2. The minimum absolute atomic E-state index is 0.0858. The van der Waals surface area contributed by atoms with Gasteiger partial charge in [-0.05, 0) is 34.7 Å². The summed E-state index contributed by atoms with van der Waals surface area (Å²) in [4.78, 5) is 1.92. The van der Waals surface area contributed by atoms with E-state index < -0.39 is 14.6 Å². The molecule has 0 heterocycles. The van der Waals surface area contributed by atoms with Crippen molar-refractivity contribution in [3.8, 4) is 0 Å². The van der Waals surface area contributed by atoms with Crippen molar-refractivity contribution < 1.29 is 8.42 Å². The van der Waals surface area contributed by atoms with Crippen molar-refractivity contribution in [1.29, 1.82) is 5.41 Å². The minimum atomic E-state index is -3.08. The summed E-state index contributed by atoms with van der Waals surface area (Å²) < 4.78 is 23.1. The van der Waals surface area contributed by atoms with Gasteiger partial charge in [-0.15, -0.1) is 0 Å². The average molecular weight is 263 g/mol. The van der Waals surface area contributed by atoms with Gasteiger partial charge in [0.25, 0.3) is 0 Å². The van der Waals surface area contributed by atoms with Crippen LogP contribution in [-0.4, -0.2) is 49.3 Å². The van der Waals surface area contributed by atoms with Crippen LogP contribution in [0.3, 0.4) is 0 Å². The molecule has 0 fully saturated rings. The lowest BCUT2D eigenvalue weighted by Crippen LogP contribution is -2.39. The lowest BCUT2D eigenvalue weighted by atomic mass is 10.2. The van der Waals surface area contributed by atoms with E-state index in [4.69, 9.17) is 11.1 Å². The van der Waals surface area contributed by atoms with Crippen molar-refractivity contribution in [1.82, 2.24) is 4.90 Å². The molecule has 6 heteroatoms. The van der Waals surface area contributed by atoms with Crippen LogP contribution >= 0.6 is 0 Å². The molecular weight excluding hydrogens is 238 g/mol. The topological polar surface area (TPSA) is 87.2 Å². The molecule has 1 atom stereocenters. The molecule has 0 radical (unpaired) electrons. The molecule has 102 valence electrons. The Morgan fingerprint density at radius 3 is 2.24 bits per heavy atom. The van der Waals surface area contributed by atoms with Gasteiger partial charge in [0, 0.05) is 19.0 Å². The summed E-state index contributed by atoms with van der Waals surface area (Å²) in [6.45, 7) is 7.53. The fourth-order valence-electron chi connectivity index (χ4n) is 1.26. The highest BCUT2D eigenvalue weighted by Crippen LogP contribution is 2.16. The van der Waals surface area contributed by atoms with Crippen molar-refractivity contribution in [3.05, 3.63) is 0 Å². The molecule has 1 unspecified atom stereocenters. The average Bonchev–Trinajstić information content (AvgIpc) is 2.11. The van der Waals surface area contributed by atoms with Crippen LogP contribution in [0.5, 0.6) is 0 Å². The zero-order valence-electron chi connectivity index (χ0n) is 11.4. The van der Waals surface area contributed by atoms with Gasteiger partial charge in [-0.25, -0.2) is 8.42 Å². The SMILES string of the molecule is CC(CC(=N)N)N(C)CCS(=O)(=O)C(C)(C)C. The maximum Gasteiger partial charge on any atom is 0.156 e. The van der Waals surface area contributed by atoms with E-state index in [1.54, 1.807) is 20.8 Å². The third kappa shape index (κ3) is 5.50. The van der Waals surface area contributed by atoms with E-state index >= 15 is 0 Å². The zero-order valence-corrected chi connectivity index (χ0v) is 12.3. The molecule has 17 heavy (non-hydrogen) atoms. The first-order valence-electron chi connectivity index (χ1n) is 5.73. The summed E-state index contributed by atoms with van der Waals surface area (Å²) in [5.74, 6) is 0.262. The van der Waals surface area contributed by atoms with E-state index in [9.17, 15) is 8.42 Å². The van der Waals surface area contributed by atoms with E-state index in [1.165, 1.54) is 0 Å². The first kappa shape index (κ1) is 16.4. The predicted molar refractivity (Wildman–Crippen MR) is 72.2 cm³/mol. The lowest BCUT2D eigenvalue weighted by molar-refractivity contribution is 0.277. The summed E-state index contributed by atoms with van der Waals surface area (Å²) >= 11 is 0. The fourth-order valence-corrected chi connectivity index (χ4v) is 2.41. The van der Waals surface area contributed by atoms with Gasteiger partial charge in [-0.1, -0.05) is 0 Å². The molecule has 0 bridgehead atoms. The summed E-state index contributed by atoms with van der Waals surface area (Å²) in [6.07, 6.45) is 0.464. The molecule has 0 amide bonds. The minimum Gasteiger partial charge on any atom is -0.388 e. The molecule has 5 nitrogen and oxygen atoms in total. The Morgan fingerprint density at radius 1 is 1.41 bits per heavy atom. The zero-order chi connectivity index (χ0) is 13.9. The van der Waals surface area contributed by atoms with Crippen LogP contribution in [0.1, 0.15) is 34.1 Å². The number of hydrogen-bond acceptors (Lipinski definition) is 4. The Balaban J connectivity index is 4.35. The standard InChI is InChI=1S/C11H25N3O2S/c1-9(8-10(12)13)14(5)6-7-17(15,16)11(2,3)4/h9H,6-8H2,1-5H3,(H3,12,13). The van der Waals surface area contributed by atoms with Crippen molar-refractivity contribution in [2.45, 2.75) is 44.9 Å². The van der Waals surface area contributed by atoms with Crippen molar-refractivity contribution in [3.63, 3.8) is 0 Å². The van der Waals surface area contributed by atoms with Gasteiger partial charge in [0.05, 0.1) is 16.3 Å². The van der Waals surface area contributed by atoms with Crippen molar-refractivity contribution in [2.75, 3.05) is 19.3 Å². The van der Waals surface area contributed by atoms with Gasteiger partial charge in [0.1, 0.15) is 0 Å². The van der Waals surface area contributed by atoms with Gasteiger partial charge in [-0.3, -0.25) is 5.41 Å². The molecule has 0 aromatic carbocycles. The first-order chi connectivity index (χ1) is 7.47. The van der Waals surface area contributed by atoms with Crippen molar-refractivity contribution in [2.24, 2.45) is 5.73 Å². The van der Waals surface area contributed by atoms with Crippen LogP contribution in [-0.2, 0) is 9.84 Å². The molecule has 0 aliphatic heterocycles. The molecule has 3 N–H and O–H groups in total. The quantitative estimate of drug-likeness (QED) is 0.549. The van der Waals surface area contributed by atoms with Gasteiger partial charge < -0.3 is 10.6 Å². The maximum atomic E-state index is 11.9. The summed E-state index contributed by atoms with van der Waals surface area (Å²) in [5, 5.41) is 7.21. The molecule has 0 aliphatic rings. The highest BCUT2D eigenvalue weighted by Gasteiger charge is 2.29. The third-order valence-electron chi connectivity index (χ3n) is 2.91. The molecule has 0 saturated carbocycles. The summed E-state index contributed by atoms with van der Waals surface area (Å²) in [6, 6.07) is 0.0858. The predicted octanol–water partition coefficient (Wildman–Crippen LogP) is 0.846. The number of nitrogens with zero attached hydrogens (tertiary/aromatic N) is 1. The third-order valence-corrected chi connectivity index (χ3v) is 5.50. The van der Waals surface area contributed by atoms with Gasteiger partial charge in [0.15, 0.2) is 9.84 Å². The molecule has 0 aromatic heterocycles. The smallest absolute Gasteiger partial charge is 0.156 e. The number of nitrogens with one attached hydrogen (secondary N) is 1. The molecule has 0 aliphatic carbocycles. The Hall–Kier alpha value is -0.620. The van der Waals surface area contributed by atoms with Crippen LogP contribution in [0.25, 0.3) is 0 Å². The maximum absolute atomic E-state index is 11.9. The molecule has 0 rings (SSSR count). The van der Waals surface area contributed by atoms with Gasteiger partial charge in [-0.2, -0.15) is 0 Å². The van der Waals surface area contributed by atoms with Crippen LogP contribution in [0, 0.1) is 5.41 Å². The van der Waals surface area contributed by atoms with Crippen LogP contribution in [0.2, 0.25) is 0 Å². The summed E-state index contributed by atoms with van der Waals surface area (Å²) in [5.41, 5.74) is 5.32. The van der Waals surface area contributed by atoms with Crippen LogP contribution in [0.4, 0.5) is 0 Å². The second-order valence-corrected chi connectivity index (χ2v) is 8.35. The Bertz CT molecular complexity index is 357. The van der Waals surface area contributed by atoms with Crippen LogP contribution < -0.4 is 5.73 Å². The van der Waals surface area contributed by atoms with E-state index in [0.717, 1.165) is 0 Å². The number of sulfone groups is 1. The van der Waals surface area contributed by atoms with Gasteiger partial charge >= 0.3 is 0 Å². The van der Waals surface area contributed by atoms with Crippen LogP contribution in [0.15, 0.2) is 0 Å². The number of amidine groups is 1. The van der Waals surface area contributed by atoms with E-state index in [-0.39, 0.29) is 17.6 Å². The van der Waals surface area contributed by atoms with E-state index in [1.807, 2.05) is 18.9 Å². The monoisotopic (exact) mass is 263 g/mol. The second kappa shape index (κ2) is 5.82. The number of nitrogens with two attached hydrogens (primary N) is 1. The Morgan fingerprint density at radius 2 is 1.88 bits per heavy atom. The van der Waals surface area contributed by atoms with E-state index in [2.05, 4.69) is 0 Å². The highest BCUT2D eigenvalue weighted by atomic mass is 32.2. The largest absolute Gasteiger partial charge is 0.388 e. The number of rotatable bonds is 6. The van der Waals surface area contributed by atoms with E-state index in [0.29, 0.717) is 13.0 Å². The molecule has 0 aromatic rings. The van der Waals surface area contributed by atoms with Gasteiger partial charge in [0.2, 0.25) is 0 Å². The Labute approximate surface area is 105 Å². The Kier molecular flexibility index (Phi) is 5.61. The molecular formula is C11H25N3O2S. The normalized spacial score (nSPS) is 14.9. The summed E-state index contributed by atoms with van der Waals surface area (Å²) in [7, 11) is -1.23. The second-order valence-electron chi connectivity index (χ2n) is 5.49. The fraction of sp³-hybridized carbons (Fsp3) is 0.909. The molecule has 0 saturated heterocycles.